The van der Waals surface area contributed by atoms with E-state index < -0.39 is 12.7 Å². The number of benzene rings is 1. The Labute approximate surface area is 177 Å². The van der Waals surface area contributed by atoms with Crippen LogP contribution in [0.1, 0.15) is 30.4 Å². The van der Waals surface area contributed by atoms with Crippen molar-refractivity contribution in [3.8, 4) is 0 Å². The standard InChI is InChI=1S/C19H29F3N4.HI/c1-14-4-6-17(7-5-14)15(2)10-24-18(23-3)25-11-16-8-9-26(12-16)13-19(20,21)22;/h4-7,15-16H,8-13H2,1-3H3,(H2,23,24,25);1H. The minimum Gasteiger partial charge on any atom is -0.356 e. The Bertz CT molecular complexity index is 590. The van der Waals surface area contributed by atoms with Crippen molar-refractivity contribution in [2.24, 2.45) is 10.9 Å². The van der Waals surface area contributed by atoms with Crippen LogP contribution in [0.4, 0.5) is 13.2 Å². The highest BCUT2D eigenvalue weighted by Gasteiger charge is 2.34. The number of nitrogens with zero attached hydrogens (tertiary/aromatic N) is 2. The van der Waals surface area contributed by atoms with Gasteiger partial charge in [-0.05, 0) is 37.3 Å². The van der Waals surface area contributed by atoms with Crippen LogP contribution in [0.5, 0.6) is 0 Å². The van der Waals surface area contributed by atoms with E-state index in [9.17, 15) is 13.2 Å². The lowest BCUT2D eigenvalue weighted by molar-refractivity contribution is -0.143. The summed E-state index contributed by atoms with van der Waals surface area (Å²) in [6.45, 7) is 5.75. The fraction of sp³-hybridized carbons (Fsp3) is 0.632. The van der Waals surface area contributed by atoms with E-state index in [-0.39, 0.29) is 29.9 Å². The molecule has 27 heavy (non-hydrogen) atoms. The number of likely N-dealkylation sites (tertiary alicyclic amines) is 1. The van der Waals surface area contributed by atoms with Crippen molar-refractivity contribution >= 4 is 29.9 Å². The molecule has 0 amide bonds. The second-order valence-corrected chi connectivity index (χ2v) is 7.15. The molecule has 2 atom stereocenters. The Morgan fingerprint density at radius 2 is 1.93 bits per heavy atom. The van der Waals surface area contributed by atoms with E-state index in [0.717, 1.165) is 13.0 Å². The molecular formula is C19H30F3IN4. The maximum atomic E-state index is 12.5. The number of hydrogen-bond donors (Lipinski definition) is 2. The number of guanidine groups is 1. The van der Waals surface area contributed by atoms with Crippen LogP contribution in [0.15, 0.2) is 29.3 Å². The van der Waals surface area contributed by atoms with Crippen LogP contribution in [-0.4, -0.2) is 56.8 Å². The Balaban J connectivity index is 0.00000364. The van der Waals surface area contributed by atoms with E-state index in [0.29, 0.717) is 31.5 Å². The Morgan fingerprint density at radius 3 is 2.52 bits per heavy atom. The molecule has 4 nitrogen and oxygen atoms in total. The summed E-state index contributed by atoms with van der Waals surface area (Å²) in [6, 6.07) is 8.47. The van der Waals surface area contributed by atoms with Gasteiger partial charge in [-0.1, -0.05) is 36.8 Å². The topological polar surface area (TPSA) is 39.7 Å². The molecule has 2 unspecified atom stereocenters. The molecule has 0 radical (unpaired) electrons. The maximum Gasteiger partial charge on any atom is 0.401 e. The number of aliphatic imine (C=N–C) groups is 1. The minimum absolute atomic E-state index is 0. The quantitative estimate of drug-likeness (QED) is 0.357. The van der Waals surface area contributed by atoms with Gasteiger partial charge in [0.05, 0.1) is 6.54 Å². The summed E-state index contributed by atoms with van der Waals surface area (Å²) in [5, 5.41) is 6.54. The Hall–Kier alpha value is -1.03. The highest BCUT2D eigenvalue weighted by atomic mass is 127. The molecule has 0 saturated carbocycles. The first-order chi connectivity index (χ1) is 12.3. The fourth-order valence-electron chi connectivity index (χ4n) is 3.20. The molecule has 1 fully saturated rings. The van der Waals surface area contributed by atoms with Crippen LogP contribution in [0.25, 0.3) is 0 Å². The first kappa shape index (κ1) is 24.0. The predicted molar refractivity (Wildman–Crippen MR) is 115 cm³/mol. The normalized spacial score (nSPS) is 19.5. The van der Waals surface area contributed by atoms with E-state index in [1.165, 1.54) is 16.0 Å². The smallest absolute Gasteiger partial charge is 0.356 e. The van der Waals surface area contributed by atoms with Crippen molar-refractivity contribution < 1.29 is 13.2 Å². The van der Waals surface area contributed by atoms with Gasteiger partial charge in [0.25, 0.3) is 0 Å². The molecule has 1 aliphatic rings. The average Bonchev–Trinajstić information content (AvgIpc) is 3.00. The third-order valence-corrected chi connectivity index (χ3v) is 4.78. The molecule has 0 spiro atoms. The van der Waals surface area contributed by atoms with Gasteiger partial charge in [0.1, 0.15) is 0 Å². The monoisotopic (exact) mass is 498 g/mol. The number of hydrogen-bond acceptors (Lipinski definition) is 2. The van der Waals surface area contributed by atoms with E-state index in [1.54, 1.807) is 7.05 Å². The second kappa shape index (κ2) is 11.1. The fourth-order valence-corrected chi connectivity index (χ4v) is 3.20. The third kappa shape index (κ3) is 8.68. The first-order valence-corrected chi connectivity index (χ1v) is 9.07. The van der Waals surface area contributed by atoms with Gasteiger partial charge in [-0.3, -0.25) is 9.89 Å². The van der Waals surface area contributed by atoms with E-state index in [1.807, 2.05) is 0 Å². The summed E-state index contributed by atoms with van der Waals surface area (Å²) in [5.41, 5.74) is 2.50. The number of alkyl halides is 3. The van der Waals surface area contributed by atoms with Crippen molar-refractivity contribution in [2.45, 2.75) is 32.4 Å². The van der Waals surface area contributed by atoms with Crippen LogP contribution >= 0.6 is 24.0 Å². The zero-order valence-corrected chi connectivity index (χ0v) is 18.5. The zero-order chi connectivity index (χ0) is 19.2. The predicted octanol–water partition coefficient (Wildman–Crippen LogP) is 3.77. The Morgan fingerprint density at radius 1 is 1.26 bits per heavy atom. The van der Waals surface area contributed by atoms with Gasteiger partial charge in [-0.25, -0.2) is 0 Å². The van der Waals surface area contributed by atoms with Crippen LogP contribution in [0.3, 0.4) is 0 Å². The van der Waals surface area contributed by atoms with Gasteiger partial charge in [-0.15, -0.1) is 24.0 Å². The molecule has 1 aromatic rings. The lowest BCUT2D eigenvalue weighted by atomic mass is 10.0. The van der Waals surface area contributed by atoms with E-state index in [2.05, 4.69) is 53.7 Å². The molecule has 0 aromatic heterocycles. The summed E-state index contributed by atoms with van der Waals surface area (Å²) in [6.07, 6.45) is -3.34. The highest BCUT2D eigenvalue weighted by Crippen LogP contribution is 2.22. The number of aryl methyl sites for hydroxylation is 1. The number of nitrogens with one attached hydrogen (secondary N) is 2. The largest absolute Gasteiger partial charge is 0.401 e. The number of halogens is 4. The summed E-state index contributed by atoms with van der Waals surface area (Å²) in [7, 11) is 1.70. The lowest BCUT2D eigenvalue weighted by Gasteiger charge is -2.19. The van der Waals surface area contributed by atoms with Crippen LogP contribution in [-0.2, 0) is 0 Å². The van der Waals surface area contributed by atoms with Gasteiger partial charge in [0.15, 0.2) is 5.96 Å². The molecule has 1 heterocycles. The van der Waals surface area contributed by atoms with Gasteiger partial charge < -0.3 is 10.6 Å². The van der Waals surface area contributed by atoms with Crippen molar-refractivity contribution in [2.75, 3.05) is 39.8 Å². The second-order valence-electron chi connectivity index (χ2n) is 7.15. The molecule has 2 N–H and O–H groups in total. The summed E-state index contributed by atoms with van der Waals surface area (Å²) < 4.78 is 37.4. The molecule has 2 rings (SSSR count). The van der Waals surface area contributed by atoms with Gasteiger partial charge in [0.2, 0.25) is 0 Å². The van der Waals surface area contributed by atoms with Crippen molar-refractivity contribution in [3.05, 3.63) is 35.4 Å². The summed E-state index contributed by atoms with van der Waals surface area (Å²) in [4.78, 5) is 5.68. The zero-order valence-electron chi connectivity index (χ0n) is 16.1. The van der Waals surface area contributed by atoms with Crippen molar-refractivity contribution in [1.82, 2.24) is 15.5 Å². The van der Waals surface area contributed by atoms with Crippen LogP contribution < -0.4 is 10.6 Å². The third-order valence-electron chi connectivity index (χ3n) is 4.78. The van der Waals surface area contributed by atoms with Crippen molar-refractivity contribution in [1.29, 1.82) is 0 Å². The van der Waals surface area contributed by atoms with E-state index in [4.69, 9.17) is 0 Å². The summed E-state index contributed by atoms with van der Waals surface area (Å²) >= 11 is 0. The van der Waals surface area contributed by atoms with Gasteiger partial charge in [0, 0.05) is 26.7 Å². The maximum absolute atomic E-state index is 12.5. The van der Waals surface area contributed by atoms with Crippen LogP contribution in [0.2, 0.25) is 0 Å². The van der Waals surface area contributed by atoms with Crippen molar-refractivity contribution in [3.63, 3.8) is 0 Å². The average molecular weight is 498 g/mol. The molecule has 1 aromatic carbocycles. The Kier molecular flexibility index (Phi) is 9.86. The molecular weight excluding hydrogens is 468 g/mol. The molecule has 0 bridgehead atoms. The molecule has 1 saturated heterocycles. The highest BCUT2D eigenvalue weighted by molar-refractivity contribution is 14.0. The SMILES string of the molecule is CN=C(NCC1CCN(CC(F)(F)F)C1)NCC(C)c1ccc(C)cc1.I. The van der Waals surface area contributed by atoms with Gasteiger partial charge in [-0.2, -0.15) is 13.2 Å². The van der Waals surface area contributed by atoms with Gasteiger partial charge >= 0.3 is 6.18 Å². The summed E-state index contributed by atoms with van der Waals surface area (Å²) in [5.74, 6) is 1.24. The lowest BCUT2D eigenvalue weighted by Crippen LogP contribution is -2.41. The van der Waals surface area contributed by atoms with E-state index >= 15 is 0 Å². The first-order valence-electron chi connectivity index (χ1n) is 9.07. The molecule has 8 heteroatoms. The van der Waals surface area contributed by atoms with Crippen LogP contribution in [0, 0.1) is 12.8 Å². The number of rotatable bonds is 6. The molecule has 0 aliphatic carbocycles. The molecule has 1 aliphatic heterocycles. The molecule has 154 valence electrons. The minimum atomic E-state index is -4.12.